The largest absolute Gasteiger partial charge is 0.451 e. The van der Waals surface area contributed by atoms with Gasteiger partial charge in [0, 0.05) is 53.5 Å². The Morgan fingerprint density at radius 3 is 2.28 bits per heavy atom. The number of fused-ring (bicyclic) bond motifs is 1. The van der Waals surface area contributed by atoms with Crippen LogP contribution in [0.1, 0.15) is 21.1 Å². The van der Waals surface area contributed by atoms with Gasteiger partial charge < -0.3 is 24.0 Å². The minimum Gasteiger partial charge on any atom is -0.451 e. The first-order valence-electron chi connectivity index (χ1n) is 12.4. The monoisotopic (exact) mass is 559 g/mol. The molecule has 0 spiro atoms. The lowest BCUT2D eigenvalue weighted by Gasteiger charge is -2.35. The van der Waals surface area contributed by atoms with Crippen LogP contribution in [0.3, 0.4) is 0 Å². The van der Waals surface area contributed by atoms with E-state index in [1.807, 2.05) is 53.4 Å². The third-order valence-electron chi connectivity index (χ3n) is 6.72. The molecular formula is C30H23Cl2N3O4. The molecule has 0 radical (unpaired) electrons. The highest BCUT2D eigenvalue weighted by atomic mass is 35.5. The molecule has 1 fully saturated rings. The smallest absolute Gasteiger partial charge is 0.291 e. The SMILES string of the molecule is O=C(Nc1ccc(N2CCN(C(=O)c3cc4ccccc4o3)CC2)cc1)c1ccc(-c2ccc(Cl)cc2Cl)o1. The topological polar surface area (TPSA) is 78.9 Å². The maximum absolute atomic E-state index is 12.9. The van der Waals surface area contributed by atoms with Gasteiger partial charge in [-0.15, -0.1) is 0 Å². The Bertz CT molecular complexity index is 1630. The number of halogens is 2. The van der Waals surface area contributed by atoms with Gasteiger partial charge in [-0.25, -0.2) is 0 Å². The number of amides is 2. The van der Waals surface area contributed by atoms with E-state index in [9.17, 15) is 9.59 Å². The number of para-hydroxylation sites is 1. The summed E-state index contributed by atoms with van der Waals surface area (Å²) in [6.07, 6.45) is 0. The molecule has 39 heavy (non-hydrogen) atoms. The van der Waals surface area contributed by atoms with Crippen molar-refractivity contribution in [2.24, 2.45) is 0 Å². The molecular weight excluding hydrogens is 537 g/mol. The first kappa shape index (κ1) is 25.1. The van der Waals surface area contributed by atoms with Crippen LogP contribution >= 0.6 is 23.2 Å². The van der Waals surface area contributed by atoms with Gasteiger partial charge >= 0.3 is 0 Å². The van der Waals surface area contributed by atoms with Gasteiger partial charge in [0.15, 0.2) is 11.5 Å². The van der Waals surface area contributed by atoms with Crippen LogP contribution < -0.4 is 10.2 Å². The summed E-state index contributed by atoms with van der Waals surface area (Å²) < 4.78 is 11.5. The summed E-state index contributed by atoms with van der Waals surface area (Å²) in [4.78, 5) is 29.7. The number of carbonyl (C=O) groups is 2. The van der Waals surface area contributed by atoms with Crippen LogP contribution in [0, 0.1) is 0 Å². The van der Waals surface area contributed by atoms with E-state index < -0.39 is 0 Å². The van der Waals surface area contributed by atoms with Crippen molar-refractivity contribution in [1.82, 2.24) is 4.90 Å². The van der Waals surface area contributed by atoms with Crippen molar-refractivity contribution < 1.29 is 18.4 Å². The van der Waals surface area contributed by atoms with Gasteiger partial charge in [-0.05, 0) is 66.7 Å². The maximum atomic E-state index is 12.9. The molecule has 196 valence electrons. The van der Waals surface area contributed by atoms with Crippen molar-refractivity contribution in [1.29, 1.82) is 0 Å². The van der Waals surface area contributed by atoms with Crippen molar-refractivity contribution in [2.45, 2.75) is 0 Å². The maximum Gasteiger partial charge on any atom is 0.291 e. The Labute approximate surface area is 234 Å². The third-order valence-corrected chi connectivity index (χ3v) is 7.27. The minimum atomic E-state index is -0.364. The van der Waals surface area contributed by atoms with E-state index in [-0.39, 0.29) is 17.6 Å². The number of hydrogen-bond donors (Lipinski definition) is 1. The van der Waals surface area contributed by atoms with Gasteiger partial charge in [-0.2, -0.15) is 0 Å². The van der Waals surface area contributed by atoms with Gasteiger partial charge in [0.2, 0.25) is 0 Å². The number of benzene rings is 3. The molecule has 3 heterocycles. The number of carbonyl (C=O) groups excluding carboxylic acids is 2. The van der Waals surface area contributed by atoms with Crippen molar-refractivity contribution in [2.75, 3.05) is 36.4 Å². The van der Waals surface area contributed by atoms with E-state index >= 15 is 0 Å². The Kier molecular flexibility index (Phi) is 6.77. The number of piperazine rings is 1. The van der Waals surface area contributed by atoms with Gasteiger partial charge in [0.25, 0.3) is 11.8 Å². The van der Waals surface area contributed by atoms with E-state index in [1.165, 1.54) is 0 Å². The molecule has 0 aliphatic carbocycles. The summed E-state index contributed by atoms with van der Waals surface area (Å²) >= 11 is 12.2. The number of nitrogens with zero attached hydrogens (tertiary/aromatic N) is 2. The zero-order chi connectivity index (χ0) is 26.9. The summed E-state index contributed by atoms with van der Waals surface area (Å²) in [5.41, 5.74) is 3.03. The van der Waals surface area contributed by atoms with Gasteiger partial charge in [0.1, 0.15) is 11.3 Å². The highest BCUT2D eigenvalue weighted by molar-refractivity contribution is 6.36. The molecule has 7 nitrogen and oxygen atoms in total. The normalized spacial score (nSPS) is 13.6. The summed E-state index contributed by atoms with van der Waals surface area (Å²) in [5, 5.41) is 4.75. The lowest BCUT2D eigenvalue weighted by Crippen LogP contribution is -2.48. The zero-order valence-corrected chi connectivity index (χ0v) is 22.2. The zero-order valence-electron chi connectivity index (χ0n) is 20.7. The second-order valence-electron chi connectivity index (χ2n) is 9.22. The molecule has 2 aromatic heterocycles. The lowest BCUT2D eigenvalue weighted by molar-refractivity contribution is 0.0717. The van der Waals surface area contributed by atoms with Crippen molar-refractivity contribution in [3.63, 3.8) is 0 Å². The summed E-state index contributed by atoms with van der Waals surface area (Å²) in [6.45, 7) is 2.57. The molecule has 1 aliphatic rings. The van der Waals surface area contributed by atoms with E-state index in [4.69, 9.17) is 32.0 Å². The van der Waals surface area contributed by atoms with Crippen LogP contribution in [0.5, 0.6) is 0 Å². The second kappa shape index (κ2) is 10.5. The van der Waals surface area contributed by atoms with Crippen LogP contribution in [-0.2, 0) is 0 Å². The Morgan fingerprint density at radius 2 is 1.54 bits per heavy atom. The van der Waals surface area contributed by atoms with E-state index in [0.717, 1.165) is 11.1 Å². The summed E-state index contributed by atoms with van der Waals surface area (Å²) in [5.74, 6) is 0.560. The Balaban J connectivity index is 1.05. The summed E-state index contributed by atoms with van der Waals surface area (Å²) in [7, 11) is 0. The molecule has 1 saturated heterocycles. The molecule has 5 aromatic rings. The lowest BCUT2D eigenvalue weighted by atomic mass is 10.2. The predicted molar refractivity (Wildman–Crippen MR) is 153 cm³/mol. The average Bonchev–Trinajstić information content (AvgIpc) is 3.61. The Morgan fingerprint density at radius 1 is 0.769 bits per heavy atom. The van der Waals surface area contributed by atoms with Crippen LogP contribution in [0.4, 0.5) is 11.4 Å². The molecule has 0 unspecified atom stereocenters. The van der Waals surface area contributed by atoms with E-state index in [2.05, 4.69) is 10.2 Å². The van der Waals surface area contributed by atoms with E-state index in [0.29, 0.717) is 64.6 Å². The first-order chi connectivity index (χ1) is 18.9. The van der Waals surface area contributed by atoms with Crippen LogP contribution in [-0.4, -0.2) is 42.9 Å². The highest BCUT2D eigenvalue weighted by Gasteiger charge is 2.25. The van der Waals surface area contributed by atoms with Crippen molar-refractivity contribution >= 4 is 57.4 Å². The molecule has 3 aromatic carbocycles. The minimum absolute atomic E-state index is 0.0941. The fraction of sp³-hybridized carbons (Fsp3) is 0.133. The van der Waals surface area contributed by atoms with Crippen molar-refractivity contribution in [3.8, 4) is 11.3 Å². The first-order valence-corrected chi connectivity index (χ1v) is 13.2. The molecule has 1 aliphatic heterocycles. The van der Waals surface area contributed by atoms with Gasteiger partial charge in [0.05, 0.1) is 5.02 Å². The van der Waals surface area contributed by atoms with Crippen LogP contribution in [0.2, 0.25) is 10.0 Å². The molecule has 9 heteroatoms. The molecule has 0 saturated carbocycles. The molecule has 0 atom stereocenters. The fourth-order valence-electron chi connectivity index (χ4n) is 4.65. The van der Waals surface area contributed by atoms with Gasteiger partial charge in [-0.3, -0.25) is 9.59 Å². The van der Waals surface area contributed by atoms with Crippen LogP contribution in [0.25, 0.3) is 22.3 Å². The van der Waals surface area contributed by atoms with Crippen LogP contribution in [0.15, 0.2) is 93.8 Å². The predicted octanol–water partition coefficient (Wildman–Crippen LogP) is 7.21. The standard InChI is InChI=1S/C30H23Cl2N3O4/c31-20-5-10-23(24(32)18-20)26-11-12-27(39-26)29(36)33-21-6-8-22(9-7-21)34-13-15-35(16-14-34)30(37)28-17-19-3-1-2-4-25(19)38-28/h1-12,17-18H,13-16H2,(H,33,36). The number of hydrogen-bond acceptors (Lipinski definition) is 5. The molecule has 1 N–H and O–H groups in total. The average molecular weight is 560 g/mol. The van der Waals surface area contributed by atoms with Crippen molar-refractivity contribution in [3.05, 3.63) is 106 Å². The third kappa shape index (κ3) is 5.24. The summed E-state index contributed by atoms with van der Waals surface area (Å²) in [6, 6.07) is 25.4. The quantitative estimate of drug-likeness (QED) is 0.246. The second-order valence-corrected chi connectivity index (χ2v) is 10.1. The van der Waals surface area contributed by atoms with Gasteiger partial charge in [-0.1, -0.05) is 41.4 Å². The highest BCUT2D eigenvalue weighted by Crippen LogP contribution is 2.32. The Hall–Kier alpha value is -4.20. The van der Waals surface area contributed by atoms with E-state index in [1.54, 1.807) is 36.4 Å². The number of rotatable bonds is 5. The number of furan rings is 2. The molecule has 0 bridgehead atoms. The molecule has 2 amide bonds. The fourth-order valence-corrected chi connectivity index (χ4v) is 5.15. The number of nitrogens with one attached hydrogen (secondary N) is 1. The number of anilines is 2. The molecule has 6 rings (SSSR count).